The zero-order valence-corrected chi connectivity index (χ0v) is 16.8. The van der Waals surface area contributed by atoms with E-state index in [1.54, 1.807) is 0 Å². The average Bonchev–Trinajstić information content (AvgIpc) is 2.90. The first-order valence-electron chi connectivity index (χ1n) is 8.35. The highest BCUT2D eigenvalue weighted by atomic mass is 79.9. The summed E-state index contributed by atoms with van der Waals surface area (Å²) in [5, 5.41) is 4.78. The Balaban J connectivity index is 1.85. The number of hydrogen-bond acceptors (Lipinski definition) is 2. The summed E-state index contributed by atoms with van der Waals surface area (Å²) < 4.78 is 5.70. The smallest absolute Gasteiger partial charge is 0.202 e. The van der Waals surface area contributed by atoms with E-state index in [2.05, 4.69) is 59.3 Å². The van der Waals surface area contributed by atoms with Gasteiger partial charge < -0.3 is 9.47 Å². The monoisotopic (exact) mass is 417 g/mol. The maximum absolute atomic E-state index is 5.62. The van der Waals surface area contributed by atoms with Crippen LogP contribution in [-0.4, -0.2) is 20.9 Å². The maximum Gasteiger partial charge on any atom is 0.202 e. The molecule has 1 atom stereocenters. The van der Waals surface area contributed by atoms with Crippen molar-refractivity contribution in [2.75, 3.05) is 6.54 Å². The predicted octanol–water partition coefficient (Wildman–Crippen LogP) is 3.44. The summed E-state index contributed by atoms with van der Waals surface area (Å²) >= 11 is 9.14. The molecule has 2 aromatic carbocycles. The Labute approximate surface area is 161 Å². The summed E-state index contributed by atoms with van der Waals surface area (Å²) in [5.74, 6) is 0.890. The highest BCUT2D eigenvalue weighted by molar-refractivity contribution is 9.10. The molecule has 0 saturated heterocycles. The van der Waals surface area contributed by atoms with E-state index in [9.17, 15) is 0 Å². The van der Waals surface area contributed by atoms with Crippen LogP contribution in [0.2, 0.25) is 0 Å². The third kappa shape index (κ3) is 4.26. The Bertz CT molecular complexity index is 901. The topological polar surface area (TPSA) is 27.2 Å². The van der Waals surface area contributed by atoms with Gasteiger partial charge in [-0.25, -0.2) is 0 Å². The van der Waals surface area contributed by atoms with E-state index >= 15 is 0 Å². The lowest BCUT2D eigenvalue weighted by atomic mass is 10.2. The molecule has 0 spiro atoms. The first-order valence-corrected chi connectivity index (χ1v) is 9.56. The van der Waals surface area contributed by atoms with Crippen molar-refractivity contribution in [1.82, 2.24) is 14.3 Å². The van der Waals surface area contributed by atoms with E-state index in [-0.39, 0.29) is 0 Å². The lowest BCUT2D eigenvalue weighted by Crippen LogP contribution is -3.09. The van der Waals surface area contributed by atoms with Crippen LogP contribution >= 0.6 is 28.1 Å². The SMILES string of the molecule is CC[NH+](Cc1ccccc1)Cn1nc(-c2cccc(Br)c2)n(C)c1=S. The Morgan fingerprint density at radius 3 is 2.56 bits per heavy atom. The van der Waals surface area contributed by atoms with Crippen LogP contribution in [0.5, 0.6) is 0 Å². The fourth-order valence-electron chi connectivity index (χ4n) is 2.86. The molecule has 0 radical (unpaired) electrons. The fraction of sp³-hybridized carbons (Fsp3) is 0.263. The third-order valence-electron chi connectivity index (χ3n) is 4.29. The molecule has 3 aromatic rings. The second kappa shape index (κ2) is 8.08. The minimum atomic E-state index is 0.744. The van der Waals surface area contributed by atoms with Crippen molar-refractivity contribution in [2.24, 2.45) is 7.05 Å². The molecule has 0 saturated carbocycles. The number of nitrogens with zero attached hydrogens (tertiary/aromatic N) is 3. The Morgan fingerprint density at radius 2 is 1.88 bits per heavy atom. The van der Waals surface area contributed by atoms with Crippen LogP contribution in [0, 0.1) is 4.77 Å². The quantitative estimate of drug-likeness (QED) is 0.621. The second-order valence-electron chi connectivity index (χ2n) is 6.10. The number of aromatic nitrogens is 3. The molecule has 25 heavy (non-hydrogen) atoms. The first kappa shape index (κ1) is 18.0. The molecule has 0 fully saturated rings. The van der Waals surface area contributed by atoms with E-state index in [0.717, 1.165) is 40.4 Å². The van der Waals surface area contributed by atoms with E-state index in [0.29, 0.717) is 0 Å². The van der Waals surface area contributed by atoms with E-state index in [1.807, 2.05) is 34.5 Å². The van der Waals surface area contributed by atoms with E-state index in [4.69, 9.17) is 17.3 Å². The summed E-state index contributed by atoms with van der Waals surface area (Å²) in [6.07, 6.45) is 0. The molecular weight excluding hydrogens is 396 g/mol. The minimum absolute atomic E-state index is 0.744. The summed E-state index contributed by atoms with van der Waals surface area (Å²) in [5.41, 5.74) is 2.39. The summed E-state index contributed by atoms with van der Waals surface area (Å²) in [6.45, 7) is 4.92. The van der Waals surface area contributed by atoms with Gasteiger partial charge in [0, 0.05) is 22.6 Å². The Hall–Kier alpha value is -1.76. The van der Waals surface area contributed by atoms with Gasteiger partial charge >= 0.3 is 0 Å². The zero-order chi connectivity index (χ0) is 17.8. The second-order valence-corrected chi connectivity index (χ2v) is 7.38. The molecule has 1 heterocycles. The van der Waals surface area contributed by atoms with Gasteiger partial charge in [-0.1, -0.05) is 58.4 Å². The highest BCUT2D eigenvalue weighted by Gasteiger charge is 2.14. The van der Waals surface area contributed by atoms with Crippen molar-refractivity contribution in [1.29, 1.82) is 0 Å². The standard InChI is InChI=1S/C19H21BrN4S/c1-3-23(13-15-8-5-4-6-9-15)14-24-19(25)22(2)18(21-24)16-10-7-11-17(20)12-16/h4-12H,3,13-14H2,1-2H3/p+1. The molecule has 1 unspecified atom stereocenters. The zero-order valence-electron chi connectivity index (χ0n) is 14.4. The molecule has 3 rings (SSSR count). The number of halogens is 1. The lowest BCUT2D eigenvalue weighted by molar-refractivity contribution is -0.935. The van der Waals surface area contributed by atoms with Gasteiger partial charge in [-0.3, -0.25) is 0 Å². The average molecular weight is 418 g/mol. The number of quaternary nitrogens is 1. The predicted molar refractivity (Wildman–Crippen MR) is 107 cm³/mol. The van der Waals surface area contributed by atoms with Crippen LogP contribution in [0.4, 0.5) is 0 Å². The molecule has 0 aliphatic carbocycles. The van der Waals surface area contributed by atoms with Gasteiger partial charge in [-0.05, 0) is 31.3 Å². The number of hydrogen-bond donors (Lipinski definition) is 1. The maximum atomic E-state index is 5.62. The van der Waals surface area contributed by atoms with Gasteiger partial charge in [0.05, 0.1) is 6.54 Å². The Morgan fingerprint density at radius 1 is 1.12 bits per heavy atom. The molecule has 0 aliphatic rings. The molecule has 1 N–H and O–H groups in total. The molecule has 130 valence electrons. The van der Waals surface area contributed by atoms with Crippen LogP contribution in [0.25, 0.3) is 11.4 Å². The number of nitrogens with one attached hydrogen (secondary N) is 1. The van der Waals surface area contributed by atoms with Gasteiger partial charge in [0.25, 0.3) is 0 Å². The van der Waals surface area contributed by atoms with Crippen molar-refractivity contribution < 1.29 is 4.90 Å². The molecule has 0 bridgehead atoms. The number of benzene rings is 2. The van der Waals surface area contributed by atoms with Crippen molar-refractivity contribution >= 4 is 28.1 Å². The molecule has 4 nitrogen and oxygen atoms in total. The Kier molecular flexibility index (Phi) is 5.83. The van der Waals surface area contributed by atoms with Crippen molar-refractivity contribution in [3.8, 4) is 11.4 Å². The summed E-state index contributed by atoms with van der Waals surface area (Å²) in [7, 11) is 1.98. The third-order valence-corrected chi connectivity index (χ3v) is 5.27. The van der Waals surface area contributed by atoms with Crippen LogP contribution < -0.4 is 4.90 Å². The van der Waals surface area contributed by atoms with Gasteiger partial charge in [-0.15, -0.1) is 5.10 Å². The van der Waals surface area contributed by atoms with Crippen LogP contribution in [-0.2, 0) is 20.3 Å². The van der Waals surface area contributed by atoms with E-state index < -0.39 is 0 Å². The minimum Gasteiger partial charge on any atom is -0.313 e. The first-order chi connectivity index (χ1) is 12.1. The molecule has 6 heteroatoms. The molecule has 0 aliphatic heterocycles. The van der Waals surface area contributed by atoms with Crippen LogP contribution in [0.3, 0.4) is 0 Å². The number of rotatable bonds is 6. The van der Waals surface area contributed by atoms with Crippen molar-refractivity contribution in [2.45, 2.75) is 20.1 Å². The van der Waals surface area contributed by atoms with E-state index in [1.165, 1.54) is 10.5 Å². The highest BCUT2D eigenvalue weighted by Crippen LogP contribution is 2.21. The normalized spacial score (nSPS) is 12.3. The fourth-order valence-corrected chi connectivity index (χ4v) is 3.45. The van der Waals surface area contributed by atoms with Crippen molar-refractivity contribution in [3.05, 3.63) is 69.4 Å². The largest absolute Gasteiger partial charge is 0.313 e. The van der Waals surface area contributed by atoms with Crippen LogP contribution in [0.1, 0.15) is 12.5 Å². The molecule has 1 aromatic heterocycles. The van der Waals surface area contributed by atoms with Crippen LogP contribution in [0.15, 0.2) is 59.1 Å². The summed E-state index contributed by atoms with van der Waals surface area (Å²) in [4.78, 5) is 1.42. The molecule has 0 amide bonds. The lowest BCUT2D eigenvalue weighted by Gasteiger charge is -2.17. The van der Waals surface area contributed by atoms with Gasteiger partial charge in [0.1, 0.15) is 6.54 Å². The van der Waals surface area contributed by atoms with Gasteiger partial charge in [0.15, 0.2) is 12.5 Å². The van der Waals surface area contributed by atoms with Crippen molar-refractivity contribution in [3.63, 3.8) is 0 Å². The van der Waals surface area contributed by atoms with Gasteiger partial charge in [0.2, 0.25) is 4.77 Å². The molecular formula is C19H22BrN4S+. The summed E-state index contributed by atoms with van der Waals surface area (Å²) in [6, 6.07) is 18.7. The van der Waals surface area contributed by atoms with Gasteiger partial charge in [-0.2, -0.15) is 4.68 Å².